The summed E-state index contributed by atoms with van der Waals surface area (Å²) >= 11 is 0. The molecule has 2 aromatic carbocycles. The first-order valence-corrected chi connectivity index (χ1v) is 9.70. The van der Waals surface area contributed by atoms with Crippen LogP contribution in [-0.2, 0) is 17.8 Å². The molecule has 0 radical (unpaired) electrons. The van der Waals surface area contributed by atoms with Crippen LogP contribution in [0.5, 0.6) is 5.75 Å². The van der Waals surface area contributed by atoms with Gasteiger partial charge in [-0.05, 0) is 62.5 Å². The van der Waals surface area contributed by atoms with Crippen LogP contribution in [0.2, 0.25) is 0 Å². The summed E-state index contributed by atoms with van der Waals surface area (Å²) in [6, 6.07) is 13.8. The van der Waals surface area contributed by atoms with E-state index in [9.17, 15) is 9.18 Å². The Labute approximate surface area is 175 Å². The fourth-order valence-corrected chi connectivity index (χ4v) is 3.00. The van der Waals surface area contributed by atoms with Gasteiger partial charge in [-0.1, -0.05) is 12.1 Å². The van der Waals surface area contributed by atoms with Crippen molar-refractivity contribution < 1.29 is 13.9 Å². The molecule has 156 valence electrons. The first kappa shape index (κ1) is 21.4. The molecule has 0 spiro atoms. The van der Waals surface area contributed by atoms with E-state index in [1.807, 2.05) is 43.3 Å². The minimum Gasteiger partial charge on any atom is -0.483 e. The molecule has 1 N–H and O–H groups in total. The zero-order valence-corrected chi connectivity index (χ0v) is 17.1. The number of amides is 1. The van der Waals surface area contributed by atoms with Crippen molar-refractivity contribution in [3.8, 4) is 17.1 Å². The van der Waals surface area contributed by atoms with E-state index in [4.69, 9.17) is 4.74 Å². The lowest BCUT2D eigenvalue weighted by atomic mass is 10.1. The third-order valence-corrected chi connectivity index (χ3v) is 4.35. The molecular formula is C23H25FN4O2. The third kappa shape index (κ3) is 6.35. The minimum absolute atomic E-state index is 0.0925. The topological polar surface area (TPSA) is 67.3 Å². The molecule has 0 aliphatic carbocycles. The second kappa shape index (κ2) is 10.5. The van der Waals surface area contributed by atoms with Gasteiger partial charge in [0.05, 0.1) is 0 Å². The largest absolute Gasteiger partial charge is 0.483 e. The van der Waals surface area contributed by atoms with Crippen molar-refractivity contribution in [1.29, 1.82) is 0 Å². The number of carbonyl (C=O) groups is 1. The Morgan fingerprint density at radius 3 is 2.63 bits per heavy atom. The van der Waals surface area contributed by atoms with Gasteiger partial charge in [-0.3, -0.25) is 4.79 Å². The van der Waals surface area contributed by atoms with Crippen molar-refractivity contribution in [1.82, 2.24) is 20.2 Å². The van der Waals surface area contributed by atoms with Gasteiger partial charge in [-0.15, -0.1) is 0 Å². The Balaban J connectivity index is 1.58. The first-order valence-electron chi connectivity index (χ1n) is 9.70. The van der Waals surface area contributed by atoms with E-state index in [0.29, 0.717) is 31.1 Å². The summed E-state index contributed by atoms with van der Waals surface area (Å²) in [7, 11) is 3.93. The highest BCUT2D eigenvalue weighted by atomic mass is 19.1. The number of ether oxygens (including phenoxy) is 1. The fourth-order valence-electron chi connectivity index (χ4n) is 3.00. The minimum atomic E-state index is -0.278. The molecule has 0 bridgehead atoms. The quantitative estimate of drug-likeness (QED) is 0.589. The molecule has 0 fully saturated rings. The summed E-state index contributed by atoms with van der Waals surface area (Å²) in [5.41, 5.74) is 2.67. The van der Waals surface area contributed by atoms with Crippen LogP contribution in [0, 0.1) is 5.82 Å². The van der Waals surface area contributed by atoms with Gasteiger partial charge >= 0.3 is 0 Å². The summed E-state index contributed by atoms with van der Waals surface area (Å²) in [4.78, 5) is 22.7. The average molecular weight is 408 g/mol. The molecule has 3 aromatic rings. The molecular weight excluding hydrogens is 383 g/mol. The molecule has 0 aliphatic rings. The summed E-state index contributed by atoms with van der Waals surface area (Å²) in [6.07, 6.45) is 3.96. The van der Waals surface area contributed by atoms with E-state index in [0.717, 1.165) is 16.7 Å². The summed E-state index contributed by atoms with van der Waals surface area (Å²) in [5, 5.41) is 2.80. The van der Waals surface area contributed by atoms with Gasteiger partial charge in [0.2, 0.25) is 0 Å². The number of hydrogen-bond donors (Lipinski definition) is 1. The maximum Gasteiger partial charge on any atom is 0.257 e. The van der Waals surface area contributed by atoms with Crippen molar-refractivity contribution in [3.05, 3.63) is 77.9 Å². The maximum absolute atomic E-state index is 13.2. The van der Waals surface area contributed by atoms with Crippen molar-refractivity contribution in [3.63, 3.8) is 0 Å². The zero-order chi connectivity index (χ0) is 21.3. The van der Waals surface area contributed by atoms with Crippen LogP contribution >= 0.6 is 0 Å². The smallest absolute Gasteiger partial charge is 0.257 e. The number of hydrogen-bond acceptors (Lipinski definition) is 5. The monoisotopic (exact) mass is 408 g/mol. The standard InChI is InChI=1S/C23H25FN4O2/c1-28(2)15-19-14-18(23-26-10-4-11-27-23)7-8-21(19)30-16-22(29)25-12-9-17-5-3-6-20(24)13-17/h3-8,10-11,13-14H,9,12,15-16H2,1-2H3,(H,25,29). The molecule has 1 amide bonds. The predicted molar refractivity (Wildman–Crippen MR) is 113 cm³/mol. The molecule has 0 saturated heterocycles. The van der Waals surface area contributed by atoms with Crippen LogP contribution in [0.25, 0.3) is 11.4 Å². The van der Waals surface area contributed by atoms with E-state index < -0.39 is 0 Å². The van der Waals surface area contributed by atoms with Crippen LogP contribution < -0.4 is 10.1 Å². The van der Waals surface area contributed by atoms with Crippen molar-refractivity contribution >= 4 is 5.91 Å². The van der Waals surface area contributed by atoms with Crippen LogP contribution in [0.3, 0.4) is 0 Å². The molecule has 30 heavy (non-hydrogen) atoms. The summed E-state index contributed by atoms with van der Waals surface area (Å²) in [5.74, 6) is 0.778. The van der Waals surface area contributed by atoms with E-state index in [-0.39, 0.29) is 18.3 Å². The second-order valence-electron chi connectivity index (χ2n) is 7.15. The molecule has 0 unspecified atom stereocenters. The number of halogens is 1. The van der Waals surface area contributed by atoms with Crippen molar-refractivity contribution in [2.24, 2.45) is 0 Å². The Morgan fingerprint density at radius 2 is 1.90 bits per heavy atom. The summed E-state index contributed by atoms with van der Waals surface area (Å²) in [6.45, 7) is 0.975. The second-order valence-corrected chi connectivity index (χ2v) is 7.15. The molecule has 0 atom stereocenters. The molecule has 0 aliphatic heterocycles. The van der Waals surface area contributed by atoms with Crippen LogP contribution in [-0.4, -0.2) is 48.0 Å². The Bertz CT molecular complexity index is 980. The van der Waals surface area contributed by atoms with Gasteiger partial charge in [0.15, 0.2) is 12.4 Å². The van der Waals surface area contributed by atoms with Gasteiger partial charge < -0.3 is 15.0 Å². The fraction of sp³-hybridized carbons (Fsp3) is 0.261. The molecule has 1 aromatic heterocycles. The number of carbonyl (C=O) groups excluding carboxylic acids is 1. The number of nitrogens with zero attached hydrogens (tertiary/aromatic N) is 3. The first-order chi connectivity index (χ1) is 14.5. The molecule has 1 heterocycles. The molecule has 7 heteroatoms. The van der Waals surface area contributed by atoms with E-state index in [1.54, 1.807) is 24.5 Å². The van der Waals surface area contributed by atoms with E-state index in [1.165, 1.54) is 12.1 Å². The van der Waals surface area contributed by atoms with Crippen LogP contribution in [0.1, 0.15) is 11.1 Å². The molecule has 0 saturated carbocycles. The lowest BCUT2D eigenvalue weighted by molar-refractivity contribution is -0.123. The third-order valence-electron chi connectivity index (χ3n) is 4.35. The highest BCUT2D eigenvalue weighted by Crippen LogP contribution is 2.25. The zero-order valence-electron chi connectivity index (χ0n) is 17.1. The highest BCUT2D eigenvalue weighted by molar-refractivity contribution is 5.77. The lowest BCUT2D eigenvalue weighted by Gasteiger charge is -2.16. The SMILES string of the molecule is CN(C)Cc1cc(-c2ncccn2)ccc1OCC(=O)NCCc1cccc(F)c1. The predicted octanol–water partition coefficient (Wildman–Crippen LogP) is 3.08. The van der Waals surface area contributed by atoms with Crippen LogP contribution in [0.15, 0.2) is 60.9 Å². The highest BCUT2D eigenvalue weighted by Gasteiger charge is 2.11. The normalized spacial score (nSPS) is 10.8. The van der Waals surface area contributed by atoms with Gasteiger partial charge in [0.25, 0.3) is 5.91 Å². The van der Waals surface area contributed by atoms with Gasteiger partial charge in [0, 0.05) is 36.6 Å². The van der Waals surface area contributed by atoms with Crippen LogP contribution in [0.4, 0.5) is 4.39 Å². The summed E-state index contributed by atoms with van der Waals surface area (Å²) < 4.78 is 19.0. The Morgan fingerprint density at radius 1 is 1.10 bits per heavy atom. The van der Waals surface area contributed by atoms with E-state index in [2.05, 4.69) is 15.3 Å². The number of benzene rings is 2. The van der Waals surface area contributed by atoms with Gasteiger partial charge in [-0.25, -0.2) is 14.4 Å². The molecule has 6 nitrogen and oxygen atoms in total. The molecule has 3 rings (SSSR count). The lowest BCUT2D eigenvalue weighted by Crippen LogP contribution is -2.30. The Kier molecular flexibility index (Phi) is 7.45. The number of aromatic nitrogens is 2. The van der Waals surface area contributed by atoms with Gasteiger partial charge in [0.1, 0.15) is 11.6 Å². The van der Waals surface area contributed by atoms with Gasteiger partial charge in [-0.2, -0.15) is 0 Å². The maximum atomic E-state index is 13.2. The Hall–Kier alpha value is -3.32. The van der Waals surface area contributed by atoms with Crippen molar-refractivity contribution in [2.45, 2.75) is 13.0 Å². The number of nitrogens with one attached hydrogen (secondary N) is 1. The number of rotatable bonds is 9. The van der Waals surface area contributed by atoms with Crippen molar-refractivity contribution in [2.75, 3.05) is 27.2 Å². The average Bonchev–Trinajstić information content (AvgIpc) is 2.73. The van der Waals surface area contributed by atoms with E-state index >= 15 is 0 Å².